The Morgan fingerprint density at radius 3 is 2.94 bits per heavy atom. The van der Waals surface area contributed by atoms with Crippen molar-refractivity contribution in [3.63, 3.8) is 0 Å². The minimum absolute atomic E-state index is 0.286. The summed E-state index contributed by atoms with van der Waals surface area (Å²) >= 11 is 2.34. The molecule has 0 aromatic heterocycles. The second-order valence-electron chi connectivity index (χ2n) is 5.09. The van der Waals surface area contributed by atoms with E-state index in [1.807, 2.05) is 12.1 Å². The Labute approximate surface area is 121 Å². The van der Waals surface area contributed by atoms with Crippen molar-refractivity contribution in [2.24, 2.45) is 0 Å². The fourth-order valence-electron chi connectivity index (χ4n) is 3.05. The SMILES string of the molecule is O=C1CC(Nc2ccccc2I)C2CCCCN12. The molecule has 3 rings (SSSR count). The van der Waals surface area contributed by atoms with Crippen LogP contribution in [0.4, 0.5) is 5.69 Å². The molecule has 18 heavy (non-hydrogen) atoms. The number of nitrogens with one attached hydrogen (secondary N) is 1. The van der Waals surface area contributed by atoms with Gasteiger partial charge in [-0.15, -0.1) is 0 Å². The van der Waals surface area contributed by atoms with Gasteiger partial charge >= 0.3 is 0 Å². The molecular formula is C14H17IN2O. The van der Waals surface area contributed by atoms with Gasteiger partial charge in [0.1, 0.15) is 0 Å². The van der Waals surface area contributed by atoms with Gasteiger partial charge < -0.3 is 10.2 Å². The van der Waals surface area contributed by atoms with Crippen LogP contribution in [0.15, 0.2) is 24.3 Å². The third-order valence-corrected chi connectivity index (χ3v) is 4.88. The van der Waals surface area contributed by atoms with Crippen molar-refractivity contribution in [1.82, 2.24) is 4.90 Å². The lowest BCUT2D eigenvalue weighted by molar-refractivity contribution is -0.129. The summed E-state index contributed by atoms with van der Waals surface area (Å²) in [5.41, 5.74) is 1.16. The van der Waals surface area contributed by atoms with Gasteiger partial charge in [0.05, 0.1) is 12.1 Å². The molecular weight excluding hydrogens is 339 g/mol. The molecule has 1 aromatic carbocycles. The maximum Gasteiger partial charge on any atom is 0.225 e. The number of fused-ring (bicyclic) bond motifs is 1. The summed E-state index contributed by atoms with van der Waals surface area (Å²) in [5.74, 6) is 0.322. The Morgan fingerprint density at radius 2 is 2.11 bits per heavy atom. The summed E-state index contributed by atoms with van der Waals surface area (Å²) in [4.78, 5) is 14.1. The average Bonchev–Trinajstić information content (AvgIpc) is 2.70. The van der Waals surface area contributed by atoms with E-state index in [0.29, 0.717) is 18.4 Å². The highest BCUT2D eigenvalue weighted by atomic mass is 127. The van der Waals surface area contributed by atoms with E-state index in [-0.39, 0.29) is 6.04 Å². The third kappa shape index (κ3) is 2.22. The number of carbonyl (C=O) groups excluding carboxylic acids is 1. The predicted molar refractivity (Wildman–Crippen MR) is 80.5 cm³/mol. The van der Waals surface area contributed by atoms with Crippen LogP contribution < -0.4 is 5.32 Å². The largest absolute Gasteiger partial charge is 0.379 e. The lowest BCUT2D eigenvalue weighted by Crippen LogP contribution is -2.43. The van der Waals surface area contributed by atoms with E-state index in [2.05, 4.69) is 44.9 Å². The van der Waals surface area contributed by atoms with Gasteiger partial charge in [-0.3, -0.25) is 4.79 Å². The fourth-order valence-corrected chi connectivity index (χ4v) is 3.60. The minimum atomic E-state index is 0.286. The zero-order valence-corrected chi connectivity index (χ0v) is 12.4. The molecule has 3 nitrogen and oxygen atoms in total. The minimum Gasteiger partial charge on any atom is -0.379 e. The molecule has 2 saturated heterocycles. The Kier molecular flexibility index (Phi) is 3.46. The van der Waals surface area contributed by atoms with Gasteiger partial charge in [-0.25, -0.2) is 0 Å². The average molecular weight is 356 g/mol. The van der Waals surface area contributed by atoms with Crippen molar-refractivity contribution in [3.05, 3.63) is 27.8 Å². The van der Waals surface area contributed by atoms with E-state index in [1.54, 1.807) is 0 Å². The standard InChI is InChI=1S/C14H17IN2O/c15-10-5-1-2-6-11(10)16-12-9-14(18)17-8-4-3-7-13(12)17/h1-2,5-6,12-13,16H,3-4,7-9H2. The summed E-state index contributed by atoms with van der Waals surface area (Å²) in [5, 5.41) is 3.57. The first-order valence-electron chi connectivity index (χ1n) is 6.56. The van der Waals surface area contributed by atoms with Crippen molar-refractivity contribution < 1.29 is 4.79 Å². The highest BCUT2D eigenvalue weighted by molar-refractivity contribution is 14.1. The fraction of sp³-hybridized carbons (Fsp3) is 0.500. The molecule has 1 N–H and O–H groups in total. The monoisotopic (exact) mass is 356 g/mol. The Bertz CT molecular complexity index is 463. The first-order chi connectivity index (χ1) is 8.75. The zero-order valence-electron chi connectivity index (χ0n) is 10.2. The van der Waals surface area contributed by atoms with Crippen molar-refractivity contribution in [1.29, 1.82) is 0 Å². The highest BCUT2D eigenvalue weighted by Crippen LogP contribution is 2.31. The first kappa shape index (κ1) is 12.3. The molecule has 4 heteroatoms. The molecule has 96 valence electrons. The van der Waals surface area contributed by atoms with Crippen LogP contribution in [0.1, 0.15) is 25.7 Å². The van der Waals surface area contributed by atoms with Crippen LogP contribution in [0.3, 0.4) is 0 Å². The molecule has 2 aliphatic heterocycles. The lowest BCUT2D eigenvalue weighted by atomic mass is 9.99. The molecule has 2 fully saturated rings. The molecule has 0 spiro atoms. The highest BCUT2D eigenvalue weighted by Gasteiger charge is 2.40. The number of nitrogens with zero attached hydrogens (tertiary/aromatic N) is 1. The molecule has 0 radical (unpaired) electrons. The summed E-state index contributed by atoms with van der Waals surface area (Å²) in [6.07, 6.45) is 4.21. The molecule has 1 aromatic rings. The van der Waals surface area contributed by atoms with Gasteiger partial charge in [0, 0.05) is 22.2 Å². The van der Waals surface area contributed by atoms with Crippen molar-refractivity contribution >= 4 is 34.2 Å². The Balaban J connectivity index is 1.77. The smallest absolute Gasteiger partial charge is 0.225 e. The van der Waals surface area contributed by atoms with Crippen LogP contribution in [0.2, 0.25) is 0 Å². The molecule has 0 bridgehead atoms. The Hall–Kier alpha value is -0.780. The number of hydrogen-bond donors (Lipinski definition) is 1. The summed E-state index contributed by atoms with van der Waals surface area (Å²) < 4.78 is 1.22. The molecule has 2 heterocycles. The molecule has 2 unspecified atom stereocenters. The van der Waals surface area contributed by atoms with Crippen molar-refractivity contribution in [3.8, 4) is 0 Å². The maximum atomic E-state index is 12.0. The summed E-state index contributed by atoms with van der Waals surface area (Å²) in [6.45, 7) is 0.952. The summed E-state index contributed by atoms with van der Waals surface area (Å²) in [6, 6.07) is 8.96. The number of hydrogen-bond acceptors (Lipinski definition) is 2. The number of carbonyl (C=O) groups is 1. The number of halogens is 1. The van der Waals surface area contributed by atoms with E-state index in [0.717, 1.165) is 25.1 Å². The topological polar surface area (TPSA) is 32.3 Å². The molecule has 2 aliphatic rings. The Morgan fingerprint density at radius 1 is 1.28 bits per heavy atom. The molecule has 1 amide bonds. The number of benzene rings is 1. The van der Waals surface area contributed by atoms with E-state index >= 15 is 0 Å². The van der Waals surface area contributed by atoms with Gasteiger partial charge in [0.15, 0.2) is 0 Å². The van der Waals surface area contributed by atoms with Gasteiger partial charge in [0.2, 0.25) is 5.91 Å². The number of rotatable bonds is 2. The number of anilines is 1. The zero-order chi connectivity index (χ0) is 12.5. The van der Waals surface area contributed by atoms with E-state index in [4.69, 9.17) is 0 Å². The first-order valence-corrected chi connectivity index (χ1v) is 7.64. The molecule has 0 saturated carbocycles. The van der Waals surface area contributed by atoms with E-state index in [1.165, 1.54) is 9.99 Å². The third-order valence-electron chi connectivity index (χ3n) is 3.94. The van der Waals surface area contributed by atoms with Crippen LogP contribution in [-0.4, -0.2) is 29.4 Å². The van der Waals surface area contributed by atoms with Crippen LogP contribution in [-0.2, 0) is 4.79 Å². The lowest BCUT2D eigenvalue weighted by Gasteiger charge is -2.33. The van der Waals surface area contributed by atoms with Gasteiger partial charge in [-0.05, 0) is 54.0 Å². The number of amides is 1. The maximum absolute atomic E-state index is 12.0. The summed E-state index contributed by atoms with van der Waals surface area (Å²) in [7, 11) is 0. The van der Waals surface area contributed by atoms with Gasteiger partial charge in [-0.2, -0.15) is 0 Å². The molecule has 0 aliphatic carbocycles. The van der Waals surface area contributed by atoms with Gasteiger partial charge in [-0.1, -0.05) is 12.1 Å². The molecule has 2 atom stereocenters. The van der Waals surface area contributed by atoms with Crippen molar-refractivity contribution in [2.45, 2.75) is 37.8 Å². The van der Waals surface area contributed by atoms with E-state index < -0.39 is 0 Å². The normalized spacial score (nSPS) is 27.2. The van der Waals surface area contributed by atoms with Crippen LogP contribution >= 0.6 is 22.6 Å². The number of piperidine rings is 1. The van der Waals surface area contributed by atoms with Crippen molar-refractivity contribution in [2.75, 3.05) is 11.9 Å². The van der Waals surface area contributed by atoms with Crippen LogP contribution in [0, 0.1) is 3.57 Å². The van der Waals surface area contributed by atoms with Gasteiger partial charge in [0.25, 0.3) is 0 Å². The number of para-hydroxylation sites is 1. The van der Waals surface area contributed by atoms with Crippen LogP contribution in [0.25, 0.3) is 0 Å². The van der Waals surface area contributed by atoms with Crippen LogP contribution in [0.5, 0.6) is 0 Å². The second-order valence-corrected chi connectivity index (χ2v) is 6.25. The quantitative estimate of drug-likeness (QED) is 0.827. The predicted octanol–water partition coefficient (Wildman–Crippen LogP) is 2.86. The second kappa shape index (κ2) is 5.07. The van der Waals surface area contributed by atoms with E-state index in [9.17, 15) is 4.79 Å².